The van der Waals surface area contributed by atoms with Crippen molar-refractivity contribution in [3.8, 4) is 0 Å². The highest BCUT2D eigenvalue weighted by atomic mass is 32.1. The second-order valence-corrected chi connectivity index (χ2v) is 1.13. The maximum absolute atomic E-state index is 4.66. The smallest absolute Gasteiger partial charge is 0.112 e. The number of hydrogen-bond acceptors (Lipinski definition) is 3. The Morgan fingerprint density at radius 1 is 1.57 bits per heavy atom. The van der Waals surface area contributed by atoms with E-state index in [0.717, 1.165) is 0 Å². The SMILES string of the molecule is C=COCCOS. The van der Waals surface area contributed by atoms with Crippen LogP contribution in [0.25, 0.3) is 0 Å². The molecule has 0 fully saturated rings. The summed E-state index contributed by atoms with van der Waals surface area (Å²) in [5, 5.41) is 0. The first-order valence-corrected chi connectivity index (χ1v) is 2.27. The van der Waals surface area contributed by atoms with Crippen LogP contribution < -0.4 is 0 Å². The lowest BCUT2D eigenvalue weighted by Crippen LogP contribution is -1.92. The summed E-state index contributed by atoms with van der Waals surface area (Å²) >= 11 is 3.48. The van der Waals surface area contributed by atoms with Crippen molar-refractivity contribution in [2.24, 2.45) is 0 Å². The molecule has 42 valence electrons. The largest absolute Gasteiger partial charge is 0.499 e. The van der Waals surface area contributed by atoms with Crippen molar-refractivity contribution in [2.45, 2.75) is 0 Å². The molecule has 7 heavy (non-hydrogen) atoms. The summed E-state index contributed by atoms with van der Waals surface area (Å²) in [4.78, 5) is 0. The van der Waals surface area contributed by atoms with Crippen molar-refractivity contribution in [3.63, 3.8) is 0 Å². The lowest BCUT2D eigenvalue weighted by Gasteiger charge is -1.94. The normalized spacial score (nSPS) is 8.14. The van der Waals surface area contributed by atoms with Gasteiger partial charge in [-0.05, 0) is 12.9 Å². The van der Waals surface area contributed by atoms with Gasteiger partial charge in [-0.15, -0.1) is 0 Å². The molecule has 0 aromatic rings. The van der Waals surface area contributed by atoms with Crippen molar-refractivity contribution in [2.75, 3.05) is 13.2 Å². The van der Waals surface area contributed by atoms with E-state index in [0.29, 0.717) is 13.2 Å². The standard InChI is InChI=1S/C4H8O2S/c1-2-5-3-4-6-7/h2,7H,1,3-4H2. The third-order valence-electron chi connectivity index (χ3n) is 0.410. The number of rotatable bonds is 4. The average molecular weight is 120 g/mol. The Balaban J connectivity index is 2.56. The second-order valence-electron chi connectivity index (χ2n) is 0.871. The molecule has 0 N–H and O–H groups in total. The van der Waals surface area contributed by atoms with Gasteiger partial charge in [-0.25, -0.2) is 0 Å². The van der Waals surface area contributed by atoms with E-state index in [9.17, 15) is 0 Å². The van der Waals surface area contributed by atoms with Gasteiger partial charge in [0.1, 0.15) is 6.61 Å². The zero-order chi connectivity index (χ0) is 5.54. The van der Waals surface area contributed by atoms with E-state index in [1.54, 1.807) is 0 Å². The van der Waals surface area contributed by atoms with Crippen LogP contribution in [0.15, 0.2) is 12.8 Å². The van der Waals surface area contributed by atoms with Crippen LogP contribution >= 0.6 is 12.9 Å². The predicted octanol–water partition coefficient (Wildman–Crippen LogP) is 1.01. The van der Waals surface area contributed by atoms with E-state index >= 15 is 0 Å². The van der Waals surface area contributed by atoms with E-state index in [2.05, 4.69) is 28.4 Å². The van der Waals surface area contributed by atoms with E-state index in [1.165, 1.54) is 6.26 Å². The summed E-state index contributed by atoms with van der Waals surface area (Å²) in [5.74, 6) is 0. The van der Waals surface area contributed by atoms with Gasteiger partial charge < -0.3 is 8.92 Å². The quantitative estimate of drug-likeness (QED) is 0.258. The summed E-state index contributed by atoms with van der Waals surface area (Å²) in [6, 6.07) is 0. The molecule has 0 saturated carbocycles. The highest BCUT2D eigenvalue weighted by molar-refractivity contribution is 7.75. The first-order chi connectivity index (χ1) is 3.41. The van der Waals surface area contributed by atoms with Crippen molar-refractivity contribution in [1.82, 2.24) is 0 Å². The maximum atomic E-state index is 4.66. The molecule has 3 heteroatoms. The summed E-state index contributed by atoms with van der Waals surface area (Å²) in [6.07, 6.45) is 1.37. The highest BCUT2D eigenvalue weighted by Crippen LogP contribution is 1.78. The molecule has 0 radical (unpaired) electrons. The molecule has 0 heterocycles. The molecule has 0 aliphatic rings. The molecular formula is C4H8O2S. The summed E-state index contributed by atoms with van der Waals surface area (Å²) in [5.41, 5.74) is 0. The molecule has 0 amide bonds. The number of ether oxygens (including phenoxy) is 1. The fourth-order valence-corrected chi connectivity index (χ4v) is 0.243. The Kier molecular flexibility index (Phi) is 5.72. The Morgan fingerprint density at radius 2 is 2.29 bits per heavy atom. The Hall–Kier alpha value is -0.150. The third-order valence-corrected chi connectivity index (χ3v) is 0.593. The van der Waals surface area contributed by atoms with E-state index in [-0.39, 0.29) is 0 Å². The third kappa shape index (κ3) is 5.85. The number of hydrogen-bond donors (Lipinski definition) is 1. The molecule has 2 nitrogen and oxygen atoms in total. The van der Waals surface area contributed by atoms with Crippen LogP contribution in [-0.2, 0) is 8.92 Å². The van der Waals surface area contributed by atoms with Crippen LogP contribution in [0.4, 0.5) is 0 Å². The summed E-state index contributed by atoms with van der Waals surface area (Å²) < 4.78 is 9.03. The van der Waals surface area contributed by atoms with Gasteiger partial charge in [0.25, 0.3) is 0 Å². The Bertz CT molecular complexity index is 47.0. The molecule has 0 aromatic heterocycles. The zero-order valence-corrected chi connectivity index (χ0v) is 4.86. The molecule has 0 unspecified atom stereocenters. The monoisotopic (exact) mass is 120 g/mol. The minimum absolute atomic E-state index is 0.495. The molecule has 0 aliphatic heterocycles. The van der Waals surface area contributed by atoms with Gasteiger partial charge in [-0.1, -0.05) is 6.58 Å². The Labute approximate surface area is 48.7 Å². The van der Waals surface area contributed by atoms with Crippen LogP contribution in [0.5, 0.6) is 0 Å². The molecule has 0 rings (SSSR count). The van der Waals surface area contributed by atoms with Gasteiger partial charge in [0.15, 0.2) is 0 Å². The topological polar surface area (TPSA) is 18.5 Å². The van der Waals surface area contributed by atoms with Crippen LogP contribution in [0, 0.1) is 0 Å². The van der Waals surface area contributed by atoms with Crippen LogP contribution in [0.1, 0.15) is 0 Å². The molecule has 0 aromatic carbocycles. The minimum Gasteiger partial charge on any atom is -0.499 e. The highest BCUT2D eigenvalue weighted by Gasteiger charge is 1.76. The molecule has 0 spiro atoms. The lowest BCUT2D eigenvalue weighted by molar-refractivity contribution is 0.196. The fourth-order valence-electron chi connectivity index (χ4n) is 0.169. The lowest BCUT2D eigenvalue weighted by atomic mass is 10.8. The molecule has 0 bridgehead atoms. The van der Waals surface area contributed by atoms with Crippen LogP contribution in [0.2, 0.25) is 0 Å². The summed E-state index contributed by atoms with van der Waals surface area (Å²) in [7, 11) is 0. The molecule has 0 saturated heterocycles. The Morgan fingerprint density at radius 3 is 2.71 bits per heavy atom. The van der Waals surface area contributed by atoms with Gasteiger partial charge in [0.05, 0.1) is 12.9 Å². The van der Waals surface area contributed by atoms with Gasteiger partial charge in [-0.2, -0.15) is 0 Å². The van der Waals surface area contributed by atoms with Gasteiger partial charge >= 0.3 is 0 Å². The summed E-state index contributed by atoms with van der Waals surface area (Å²) in [6.45, 7) is 4.35. The fraction of sp³-hybridized carbons (Fsp3) is 0.500. The average Bonchev–Trinajstić information content (AvgIpc) is 1.69. The zero-order valence-electron chi connectivity index (χ0n) is 3.96. The first-order valence-electron chi connectivity index (χ1n) is 1.90. The molecule has 0 aliphatic carbocycles. The first kappa shape index (κ1) is 6.85. The van der Waals surface area contributed by atoms with E-state index in [4.69, 9.17) is 0 Å². The van der Waals surface area contributed by atoms with Crippen molar-refractivity contribution in [1.29, 1.82) is 0 Å². The van der Waals surface area contributed by atoms with Crippen molar-refractivity contribution in [3.05, 3.63) is 12.8 Å². The molecular weight excluding hydrogens is 112 g/mol. The molecule has 0 atom stereocenters. The number of thiol groups is 1. The van der Waals surface area contributed by atoms with Gasteiger partial charge in [0.2, 0.25) is 0 Å². The minimum atomic E-state index is 0.495. The van der Waals surface area contributed by atoms with Crippen LogP contribution in [0.3, 0.4) is 0 Å². The van der Waals surface area contributed by atoms with E-state index in [1.807, 2.05) is 0 Å². The predicted molar refractivity (Wildman–Crippen MR) is 31.1 cm³/mol. The maximum Gasteiger partial charge on any atom is 0.112 e. The van der Waals surface area contributed by atoms with Crippen molar-refractivity contribution < 1.29 is 8.92 Å². The van der Waals surface area contributed by atoms with Crippen LogP contribution in [-0.4, -0.2) is 13.2 Å². The van der Waals surface area contributed by atoms with Gasteiger partial charge in [-0.3, -0.25) is 0 Å². The second kappa shape index (κ2) is 5.85. The van der Waals surface area contributed by atoms with Gasteiger partial charge in [0, 0.05) is 0 Å². The van der Waals surface area contributed by atoms with E-state index < -0.39 is 0 Å². The van der Waals surface area contributed by atoms with Crippen molar-refractivity contribution >= 4 is 12.9 Å².